The maximum absolute atomic E-state index is 13.9. The number of aromatic nitrogens is 1. The maximum Gasteiger partial charge on any atom is 0.159 e. The van der Waals surface area contributed by atoms with E-state index in [9.17, 15) is 14.4 Å². The number of fused-ring (bicyclic) bond motifs is 1. The van der Waals surface area contributed by atoms with Gasteiger partial charge >= 0.3 is 0 Å². The minimum atomic E-state index is -2.32. The van der Waals surface area contributed by atoms with Gasteiger partial charge < -0.3 is 15.0 Å². The molecule has 0 unspecified atom stereocenters. The van der Waals surface area contributed by atoms with Crippen LogP contribution in [0.25, 0.3) is 10.9 Å². The number of aryl methyl sites for hydroxylation is 1. The fourth-order valence-corrected chi connectivity index (χ4v) is 2.97. The van der Waals surface area contributed by atoms with Gasteiger partial charge in [-0.3, -0.25) is 9.78 Å². The number of anilines is 2. The van der Waals surface area contributed by atoms with E-state index >= 15 is 0 Å². The Hall–Kier alpha value is -3.76. The van der Waals surface area contributed by atoms with E-state index in [2.05, 4.69) is 10.3 Å². The van der Waals surface area contributed by atoms with Gasteiger partial charge in [0.25, 0.3) is 0 Å². The number of ether oxygens (including phenoxy) is 1. The fourth-order valence-electron chi connectivity index (χ4n) is 2.97. The maximum atomic E-state index is 13.9. The van der Waals surface area contributed by atoms with Crippen molar-refractivity contribution in [2.24, 2.45) is 0 Å². The van der Waals surface area contributed by atoms with Crippen molar-refractivity contribution >= 4 is 28.1 Å². The van der Waals surface area contributed by atoms with Crippen molar-refractivity contribution in [1.29, 1.82) is 5.26 Å². The van der Waals surface area contributed by atoms with Gasteiger partial charge in [-0.2, -0.15) is 5.26 Å². The van der Waals surface area contributed by atoms with E-state index in [1.165, 1.54) is 44.1 Å². The van der Waals surface area contributed by atoms with E-state index in [1.54, 1.807) is 0 Å². The Bertz CT molecular complexity index is 1560. The van der Waals surface area contributed by atoms with E-state index in [-0.39, 0.29) is 33.3 Å². The molecule has 0 saturated carbocycles. The van der Waals surface area contributed by atoms with E-state index < -0.39 is 55.1 Å². The molecule has 0 aliphatic carbocycles. The molecule has 0 saturated heterocycles. The van der Waals surface area contributed by atoms with Gasteiger partial charge in [0.2, 0.25) is 0 Å². The molecule has 1 N–H and O–H groups in total. The number of ketones is 1. The third-order valence-corrected chi connectivity index (χ3v) is 4.49. The molecule has 3 aromatic rings. The lowest BCUT2D eigenvalue weighted by Gasteiger charge is -2.15. The number of rotatable bonds is 9. The van der Waals surface area contributed by atoms with Crippen LogP contribution in [-0.4, -0.2) is 42.8 Å². The Balaban J connectivity index is 2.33. The van der Waals surface area contributed by atoms with Gasteiger partial charge in [0.1, 0.15) is 17.6 Å². The van der Waals surface area contributed by atoms with E-state index in [0.717, 1.165) is 19.1 Å². The van der Waals surface area contributed by atoms with E-state index in [1.807, 2.05) is 6.07 Å². The lowest BCUT2D eigenvalue weighted by molar-refractivity contribution is -0.114. The summed E-state index contributed by atoms with van der Waals surface area (Å²) in [7, 11) is 2.97. The highest BCUT2D eigenvalue weighted by Crippen LogP contribution is 2.34. The summed E-state index contributed by atoms with van der Waals surface area (Å²) in [6, 6.07) is 4.98. The molecule has 6 nitrogen and oxygen atoms in total. The summed E-state index contributed by atoms with van der Waals surface area (Å²) in [5, 5.41) is 12.6. The highest BCUT2D eigenvalue weighted by Gasteiger charge is 2.16. The molecule has 0 spiro atoms. The molecular weight excluding hydrogens is 419 g/mol. The average molecular weight is 454 g/mol. The summed E-state index contributed by atoms with van der Waals surface area (Å²) in [5.41, 5.74) is -0.156. The minimum absolute atomic E-state index is 0.0683. The molecule has 0 atom stereocenters. The van der Waals surface area contributed by atoms with Crippen molar-refractivity contribution in [3.63, 3.8) is 0 Å². The zero-order valence-electron chi connectivity index (χ0n) is 25.6. The Labute approximate surface area is 203 Å². The molecule has 2 aromatic carbocycles. The largest absolute Gasteiger partial charge is 0.494 e. The number of nitriles is 1. The van der Waals surface area contributed by atoms with Gasteiger partial charge in [-0.05, 0) is 63.8 Å². The number of benzene rings is 2. The van der Waals surface area contributed by atoms with Crippen molar-refractivity contribution in [3.8, 4) is 11.8 Å². The normalized spacial score (nSPS) is 15.1. The summed E-state index contributed by atoms with van der Waals surface area (Å²) in [4.78, 5) is 18.2. The lowest BCUT2D eigenvalue weighted by atomic mass is 10.0. The second-order valence-electron chi connectivity index (χ2n) is 7.26. The minimum Gasteiger partial charge on any atom is -0.494 e. The van der Waals surface area contributed by atoms with Crippen molar-refractivity contribution in [2.75, 3.05) is 32.5 Å². The third-order valence-electron chi connectivity index (χ3n) is 4.49. The van der Waals surface area contributed by atoms with Gasteiger partial charge in [0, 0.05) is 44.5 Å². The summed E-state index contributed by atoms with van der Waals surface area (Å²) in [6.45, 7) is -1.68. The number of carbonyl (C=O) groups excluding carboxylic acids is 1. The lowest BCUT2D eigenvalue weighted by Crippen LogP contribution is -2.11. The first-order valence-corrected chi connectivity index (χ1v) is 9.95. The fraction of sp³-hybridized carbons (Fsp3) is 0.269. The van der Waals surface area contributed by atoms with Crippen LogP contribution in [0, 0.1) is 24.1 Å². The van der Waals surface area contributed by atoms with Crippen LogP contribution in [0.15, 0.2) is 48.6 Å². The van der Waals surface area contributed by atoms with Gasteiger partial charge in [-0.1, -0.05) is 6.08 Å². The van der Waals surface area contributed by atoms with Crippen molar-refractivity contribution < 1.29 is 23.5 Å². The Morgan fingerprint density at radius 2 is 2.21 bits per heavy atom. The Kier molecular flexibility index (Phi) is 5.17. The molecule has 0 radical (unpaired) electrons. The molecule has 0 bridgehead atoms. The first-order valence-electron chi connectivity index (χ1n) is 13.4. The smallest absolute Gasteiger partial charge is 0.159 e. The number of carbonyl (C=O) groups is 1. The van der Waals surface area contributed by atoms with E-state index in [4.69, 9.17) is 14.3 Å². The SMILES string of the molecule is [2H]c1nc2c([2H])c(OC([2H])([2H])C)c(CC(=O)/C=C/C([2H])([2H])N(C)C)c([2H])c2c(Nc2ccc(F)c(C)c2)c1C#N. The van der Waals surface area contributed by atoms with Crippen molar-refractivity contribution in [3.05, 3.63) is 71.1 Å². The van der Waals surface area contributed by atoms with Crippen molar-refractivity contribution in [1.82, 2.24) is 9.88 Å². The molecule has 170 valence electrons. The number of halogens is 1. The van der Waals surface area contributed by atoms with Gasteiger partial charge in [0.05, 0.1) is 30.2 Å². The molecule has 0 amide bonds. The Morgan fingerprint density at radius 1 is 1.42 bits per heavy atom. The van der Waals surface area contributed by atoms with Crippen molar-refractivity contribution in [2.45, 2.75) is 20.3 Å². The molecule has 0 aliphatic rings. The third kappa shape index (κ3) is 5.93. The first kappa shape index (κ1) is 15.9. The predicted octanol–water partition coefficient (Wildman–Crippen LogP) is 4.93. The second-order valence-corrected chi connectivity index (χ2v) is 7.26. The number of hydrogen-bond acceptors (Lipinski definition) is 6. The van der Waals surface area contributed by atoms with Crippen LogP contribution >= 0.6 is 0 Å². The van der Waals surface area contributed by atoms with Crippen LogP contribution in [-0.2, 0) is 11.2 Å². The van der Waals surface area contributed by atoms with Crippen LogP contribution in [0.1, 0.15) is 33.2 Å². The van der Waals surface area contributed by atoms with Gasteiger partial charge in [0.15, 0.2) is 5.78 Å². The van der Waals surface area contributed by atoms with Crippen LogP contribution in [0.2, 0.25) is 0 Å². The average Bonchev–Trinajstić information content (AvgIpc) is 2.84. The molecule has 1 aromatic heterocycles. The van der Waals surface area contributed by atoms with Crippen LogP contribution in [0.5, 0.6) is 5.75 Å². The second kappa shape index (κ2) is 10.7. The molecular formula is C26H27FN4O2. The van der Waals surface area contributed by atoms with Crippen LogP contribution in [0.3, 0.4) is 0 Å². The molecule has 0 fully saturated rings. The number of nitrogens with zero attached hydrogens (tertiary/aromatic N) is 3. The first-order chi connectivity index (χ1) is 18.5. The van der Waals surface area contributed by atoms with E-state index in [0.29, 0.717) is 5.69 Å². The number of likely N-dealkylation sites (N-methyl/N-ethyl adjacent to an activating group) is 1. The zero-order chi connectivity index (χ0) is 30.2. The molecule has 7 heteroatoms. The summed E-state index contributed by atoms with van der Waals surface area (Å²) in [5.74, 6) is -1.57. The number of hydrogen-bond donors (Lipinski definition) is 1. The molecule has 0 aliphatic heterocycles. The van der Waals surface area contributed by atoms with Gasteiger partial charge in [-0.25, -0.2) is 4.39 Å². The van der Waals surface area contributed by atoms with Gasteiger partial charge in [-0.15, -0.1) is 0 Å². The molecule has 33 heavy (non-hydrogen) atoms. The number of pyridine rings is 1. The monoisotopic (exact) mass is 453 g/mol. The van der Waals surface area contributed by atoms with Crippen LogP contribution in [0.4, 0.5) is 15.8 Å². The topological polar surface area (TPSA) is 78.2 Å². The molecule has 1 heterocycles. The molecule has 3 rings (SSSR count). The standard InChI is InChI=1S/C26H27FN4O2/c1-5-33-25-14-24-22(13-18(25)12-21(32)7-6-10-31(3)4)26(19(15-28)16-29-24)30-20-8-9-23(27)17(2)11-20/h6-9,11,13-14,16H,5,10,12H2,1-4H3,(H,29,30)/b7-6+/i5D2,10D2,13D,14D,16D. The predicted molar refractivity (Wildman–Crippen MR) is 128 cm³/mol. The zero-order valence-corrected chi connectivity index (χ0v) is 18.6. The summed E-state index contributed by atoms with van der Waals surface area (Å²) >= 11 is 0. The summed E-state index contributed by atoms with van der Waals surface area (Å²) < 4.78 is 76.9. The quantitative estimate of drug-likeness (QED) is 0.463. The highest BCUT2D eigenvalue weighted by molar-refractivity contribution is 5.98. The van der Waals surface area contributed by atoms with Crippen LogP contribution < -0.4 is 10.1 Å². The number of nitrogens with one attached hydrogen (secondary N) is 1. The Morgan fingerprint density at radius 3 is 2.88 bits per heavy atom. The number of allylic oxidation sites excluding steroid dienone is 1. The highest BCUT2D eigenvalue weighted by atomic mass is 19.1. The summed E-state index contributed by atoms with van der Waals surface area (Å²) in [6.07, 6.45) is 0.940.